The van der Waals surface area contributed by atoms with Crippen molar-refractivity contribution >= 4 is 0 Å². The summed E-state index contributed by atoms with van der Waals surface area (Å²) in [6, 6.07) is 26.0. The van der Waals surface area contributed by atoms with Crippen molar-refractivity contribution in [3.8, 4) is 44.9 Å². The maximum absolute atomic E-state index is 5.04. The van der Waals surface area contributed by atoms with Crippen LogP contribution in [0.3, 0.4) is 0 Å². The second-order valence-corrected chi connectivity index (χ2v) is 11.0. The van der Waals surface area contributed by atoms with Gasteiger partial charge in [-0.05, 0) is 69.8 Å². The Hall–Kier alpha value is -4.11. The van der Waals surface area contributed by atoms with Crippen molar-refractivity contribution in [2.24, 2.45) is 0 Å². The van der Waals surface area contributed by atoms with E-state index in [0.29, 0.717) is 0 Å². The number of nitrogens with zero attached hydrogens (tertiary/aromatic N) is 3. The fraction of sp³-hybridized carbons (Fsp3) is 0.182. The smallest absolute Gasteiger partial charge is 0.0746 e. The molecule has 7 rings (SSSR count). The minimum atomic E-state index is -0.165. The molecule has 0 saturated carbocycles. The second kappa shape index (κ2) is 7.20. The summed E-state index contributed by atoms with van der Waals surface area (Å²) in [5.74, 6) is 0. The lowest BCUT2D eigenvalue weighted by atomic mass is 9.79. The normalized spacial score (nSPS) is 15.7. The zero-order valence-corrected chi connectivity index (χ0v) is 21.0. The molecular formula is C33H27N3. The van der Waals surface area contributed by atoms with Crippen molar-refractivity contribution in [1.29, 1.82) is 0 Å². The van der Waals surface area contributed by atoms with Crippen LogP contribution in [0, 0.1) is 0 Å². The highest BCUT2D eigenvalue weighted by molar-refractivity contribution is 5.88. The SMILES string of the molecule is CC1(C)c2cc3c(cc2-c2ncccc21)C(C)(C)c1cc(-c2cc(-c4ccccc4)ccn2)cnc1-3. The Morgan fingerprint density at radius 3 is 1.94 bits per heavy atom. The topological polar surface area (TPSA) is 38.7 Å². The first-order chi connectivity index (χ1) is 17.4. The molecule has 0 amide bonds. The summed E-state index contributed by atoms with van der Waals surface area (Å²) in [7, 11) is 0. The highest BCUT2D eigenvalue weighted by atomic mass is 14.7. The first-order valence-corrected chi connectivity index (χ1v) is 12.5. The highest BCUT2D eigenvalue weighted by Gasteiger charge is 2.42. The Morgan fingerprint density at radius 2 is 1.19 bits per heavy atom. The lowest BCUT2D eigenvalue weighted by Gasteiger charge is -2.24. The fourth-order valence-electron chi connectivity index (χ4n) is 6.13. The number of hydrogen-bond donors (Lipinski definition) is 0. The van der Waals surface area contributed by atoms with Crippen molar-refractivity contribution in [1.82, 2.24) is 15.0 Å². The quantitative estimate of drug-likeness (QED) is 0.267. The molecule has 0 N–H and O–H groups in total. The van der Waals surface area contributed by atoms with Gasteiger partial charge in [-0.15, -0.1) is 0 Å². The number of rotatable bonds is 2. The number of hydrogen-bond acceptors (Lipinski definition) is 3. The Morgan fingerprint density at radius 1 is 0.500 bits per heavy atom. The summed E-state index contributed by atoms with van der Waals surface area (Å²) < 4.78 is 0. The summed E-state index contributed by atoms with van der Waals surface area (Å²) in [5, 5.41) is 0. The maximum atomic E-state index is 5.04. The monoisotopic (exact) mass is 465 g/mol. The van der Waals surface area contributed by atoms with Crippen LogP contribution >= 0.6 is 0 Å². The van der Waals surface area contributed by atoms with E-state index in [4.69, 9.17) is 15.0 Å². The van der Waals surface area contributed by atoms with Crippen molar-refractivity contribution in [2.75, 3.05) is 0 Å². The average Bonchev–Trinajstić information content (AvgIpc) is 3.27. The van der Waals surface area contributed by atoms with E-state index in [-0.39, 0.29) is 10.8 Å². The van der Waals surface area contributed by atoms with E-state index < -0.39 is 0 Å². The average molecular weight is 466 g/mol. The summed E-state index contributed by atoms with van der Waals surface area (Å²) in [6.07, 6.45) is 5.78. The maximum Gasteiger partial charge on any atom is 0.0746 e. The van der Waals surface area contributed by atoms with Crippen LogP contribution in [0.2, 0.25) is 0 Å². The van der Waals surface area contributed by atoms with Crippen molar-refractivity contribution < 1.29 is 0 Å². The Kier molecular flexibility index (Phi) is 4.24. The summed E-state index contributed by atoms with van der Waals surface area (Å²) in [4.78, 5) is 14.5. The van der Waals surface area contributed by atoms with Gasteiger partial charge in [0.05, 0.1) is 17.1 Å². The van der Waals surface area contributed by atoms with E-state index in [1.54, 1.807) is 0 Å². The van der Waals surface area contributed by atoms with Crippen LogP contribution in [0.5, 0.6) is 0 Å². The first-order valence-electron chi connectivity index (χ1n) is 12.5. The summed E-state index contributed by atoms with van der Waals surface area (Å²) in [6.45, 7) is 9.22. The van der Waals surface area contributed by atoms with Gasteiger partial charge in [-0.1, -0.05) is 64.1 Å². The molecule has 0 atom stereocenters. The molecule has 2 aliphatic carbocycles. The van der Waals surface area contributed by atoms with E-state index in [1.165, 1.54) is 38.9 Å². The van der Waals surface area contributed by atoms with Gasteiger partial charge in [-0.2, -0.15) is 0 Å². The highest BCUT2D eigenvalue weighted by Crippen LogP contribution is 2.55. The molecule has 0 saturated heterocycles. The van der Waals surface area contributed by atoms with E-state index in [2.05, 4.69) is 88.4 Å². The number of pyridine rings is 3. The van der Waals surface area contributed by atoms with Gasteiger partial charge < -0.3 is 0 Å². The summed E-state index contributed by atoms with van der Waals surface area (Å²) in [5.41, 5.74) is 14.0. The van der Waals surface area contributed by atoms with Crippen molar-refractivity contribution in [2.45, 2.75) is 38.5 Å². The molecule has 0 aliphatic heterocycles. The van der Waals surface area contributed by atoms with Gasteiger partial charge in [0.1, 0.15) is 0 Å². The lowest BCUT2D eigenvalue weighted by Crippen LogP contribution is -2.17. The molecule has 0 radical (unpaired) electrons. The van der Waals surface area contributed by atoms with Crippen LogP contribution in [0.1, 0.15) is 49.9 Å². The molecule has 2 aromatic carbocycles. The van der Waals surface area contributed by atoms with Gasteiger partial charge in [-0.3, -0.25) is 15.0 Å². The number of fused-ring (bicyclic) bond motifs is 6. The van der Waals surface area contributed by atoms with Crippen LogP contribution in [-0.4, -0.2) is 15.0 Å². The molecule has 3 aromatic heterocycles. The molecule has 0 unspecified atom stereocenters. The molecule has 0 fully saturated rings. The number of aromatic nitrogens is 3. The molecule has 3 nitrogen and oxygen atoms in total. The Bertz CT molecular complexity index is 1680. The Balaban J connectivity index is 1.36. The fourth-order valence-corrected chi connectivity index (χ4v) is 6.13. The molecule has 3 heteroatoms. The molecular weight excluding hydrogens is 438 g/mol. The standard InChI is InChI=1S/C33H27N3/c1-32(2)25-11-8-13-35-30(25)23-17-27-24(18-26(23)32)31-28(33(27,3)4)15-22(19-36-31)29-16-21(12-14-34-29)20-9-6-5-7-10-20/h5-19H,1-4H3. The van der Waals surface area contributed by atoms with Crippen LogP contribution in [-0.2, 0) is 10.8 Å². The predicted octanol–water partition coefficient (Wildman–Crippen LogP) is 7.82. The van der Waals surface area contributed by atoms with Crippen LogP contribution < -0.4 is 0 Å². The van der Waals surface area contributed by atoms with Crippen LogP contribution in [0.25, 0.3) is 44.9 Å². The first kappa shape index (κ1) is 21.2. The van der Waals surface area contributed by atoms with E-state index in [0.717, 1.165) is 28.2 Å². The third-order valence-electron chi connectivity index (χ3n) is 8.22. The molecule has 174 valence electrons. The van der Waals surface area contributed by atoms with Gasteiger partial charge in [0.25, 0.3) is 0 Å². The molecule has 5 aromatic rings. The van der Waals surface area contributed by atoms with Gasteiger partial charge in [0.15, 0.2) is 0 Å². The molecule has 0 bridgehead atoms. The molecule has 2 aliphatic rings. The van der Waals surface area contributed by atoms with E-state index in [9.17, 15) is 0 Å². The molecule has 3 heterocycles. The Labute approximate surface area is 211 Å². The van der Waals surface area contributed by atoms with Gasteiger partial charge in [0, 0.05) is 46.1 Å². The number of benzene rings is 2. The largest absolute Gasteiger partial charge is 0.256 e. The molecule has 36 heavy (non-hydrogen) atoms. The summed E-state index contributed by atoms with van der Waals surface area (Å²) >= 11 is 0. The van der Waals surface area contributed by atoms with Gasteiger partial charge in [0.2, 0.25) is 0 Å². The zero-order valence-electron chi connectivity index (χ0n) is 21.0. The third-order valence-corrected chi connectivity index (χ3v) is 8.22. The molecule has 0 spiro atoms. The lowest BCUT2D eigenvalue weighted by molar-refractivity contribution is 0.651. The minimum absolute atomic E-state index is 0.0808. The van der Waals surface area contributed by atoms with E-state index >= 15 is 0 Å². The second-order valence-electron chi connectivity index (χ2n) is 11.0. The van der Waals surface area contributed by atoms with Crippen LogP contribution in [0.4, 0.5) is 0 Å². The van der Waals surface area contributed by atoms with Gasteiger partial charge >= 0.3 is 0 Å². The zero-order chi connectivity index (χ0) is 24.7. The third kappa shape index (κ3) is 2.83. The van der Waals surface area contributed by atoms with Crippen molar-refractivity contribution in [3.63, 3.8) is 0 Å². The van der Waals surface area contributed by atoms with Gasteiger partial charge in [-0.25, -0.2) is 0 Å². The van der Waals surface area contributed by atoms with E-state index in [1.807, 2.05) is 30.7 Å². The van der Waals surface area contributed by atoms with Crippen LogP contribution in [0.15, 0.2) is 91.4 Å². The minimum Gasteiger partial charge on any atom is -0.256 e. The van der Waals surface area contributed by atoms with Crippen molar-refractivity contribution in [3.05, 3.63) is 114 Å². The predicted molar refractivity (Wildman–Crippen MR) is 146 cm³/mol.